The van der Waals surface area contributed by atoms with E-state index in [0.717, 1.165) is 0 Å². The maximum Gasteiger partial charge on any atom is 0.337 e. The van der Waals surface area contributed by atoms with E-state index in [4.69, 9.17) is 14.2 Å². The number of allylic oxidation sites excluding steroid dienone is 1. The molecule has 0 spiro atoms. The Labute approximate surface area is 149 Å². The molecule has 0 bridgehead atoms. The quantitative estimate of drug-likeness (QED) is 0.447. The zero-order chi connectivity index (χ0) is 19.4. The van der Waals surface area contributed by atoms with Gasteiger partial charge in [-0.05, 0) is 12.5 Å². The molecule has 1 aromatic rings. The van der Waals surface area contributed by atoms with E-state index < -0.39 is 23.0 Å². The number of amides is 2. The summed E-state index contributed by atoms with van der Waals surface area (Å²) in [6.07, 6.45) is 0.329. The van der Waals surface area contributed by atoms with Crippen molar-refractivity contribution < 1.29 is 28.7 Å². The zero-order valence-corrected chi connectivity index (χ0v) is 14.7. The van der Waals surface area contributed by atoms with Crippen molar-refractivity contribution in [2.75, 3.05) is 21.3 Å². The van der Waals surface area contributed by atoms with Crippen molar-refractivity contribution in [3.8, 4) is 11.5 Å². The monoisotopic (exact) mass is 365 g/mol. The van der Waals surface area contributed by atoms with Gasteiger partial charge in [0, 0.05) is 5.70 Å². The van der Waals surface area contributed by atoms with Crippen LogP contribution in [-0.4, -0.2) is 38.3 Å². The SMILES string of the molecule is CCC1=C(C(=O)OC)C(c2cc(OC)c(OC)cc2[N+](=O)[O-])NC(=O)N1. The highest BCUT2D eigenvalue weighted by molar-refractivity contribution is 5.95. The molecule has 1 aromatic carbocycles. The van der Waals surface area contributed by atoms with E-state index in [-0.39, 0.29) is 28.3 Å². The fourth-order valence-electron chi connectivity index (χ4n) is 2.75. The van der Waals surface area contributed by atoms with Crippen molar-refractivity contribution in [1.82, 2.24) is 10.6 Å². The molecule has 0 radical (unpaired) electrons. The van der Waals surface area contributed by atoms with Gasteiger partial charge in [-0.25, -0.2) is 9.59 Å². The first-order chi connectivity index (χ1) is 12.4. The Hall–Kier alpha value is -3.30. The first-order valence-electron chi connectivity index (χ1n) is 7.67. The van der Waals surface area contributed by atoms with Crippen LogP contribution in [0.5, 0.6) is 11.5 Å². The fourth-order valence-corrected chi connectivity index (χ4v) is 2.75. The second-order valence-corrected chi connectivity index (χ2v) is 5.29. The van der Waals surface area contributed by atoms with Gasteiger partial charge in [0.05, 0.1) is 49.5 Å². The van der Waals surface area contributed by atoms with Crippen molar-refractivity contribution in [2.45, 2.75) is 19.4 Å². The largest absolute Gasteiger partial charge is 0.493 e. The number of hydrogen-bond donors (Lipinski definition) is 2. The van der Waals surface area contributed by atoms with Crippen molar-refractivity contribution in [3.05, 3.63) is 39.1 Å². The molecule has 10 nitrogen and oxygen atoms in total. The number of carbonyl (C=O) groups is 2. The van der Waals surface area contributed by atoms with Crippen molar-refractivity contribution >= 4 is 17.7 Å². The molecule has 2 N–H and O–H groups in total. The molecular weight excluding hydrogens is 346 g/mol. The minimum atomic E-state index is -1.08. The Kier molecular flexibility index (Phi) is 5.65. The third-order valence-electron chi connectivity index (χ3n) is 3.95. The molecule has 0 saturated carbocycles. The second kappa shape index (κ2) is 7.72. The van der Waals surface area contributed by atoms with Gasteiger partial charge in [-0.15, -0.1) is 0 Å². The lowest BCUT2D eigenvalue weighted by atomic mass is 9.92. The van der Waals surface area contributed by atoms with Crippen LogP contribution in [0.1, 0.15) is 24.9 Å². The summed E-state index contributed by atoms with van der Waals surface area (Å²) in [5.74, 6) is -0.325. The summed E-state index contributed by atoms with van der Waals surface area (Å²) in [4.78, 5) is 35.2. The average Bonchev–Trinajstić information content (AvgIpc) is 2.65. The lowest BCUT2D eigenvalue weighted by Gasteiger charge is -2.28. The summed E-state index contributed by atoms with van der Waals surface area (Å²) in [5, 5.41) is 16.6. The van der Waals surface area contributed by atoms with E-state index in [1.807, 2.05) is 0 Å². The van der Waals surface area contributed by atoms with Crippen molar-refractivity contribution in [2.24, 2.45) is 0 Å². The van der Waals surface area contributed by atoms with E-state index in [1.54, 1.807) is 6.92 Å². The number of nitro groups is 1. The van der Waals surface area contributed by atoms with Crippen LogP contribution in [0.4, 0.5) is 10.5 Å². The Bertz CT molecular complexity index is 788. The lowest BCUT2D eigenvalue weighted by Crippen LogP contribution is -2.46. The van der Waals surface area contributed by atoms with Crippen molar-refractivity contribution in [1.29, 1.82) is 0 Å². The van der Waals surface area contributed by atoms with E-state index in [0.29, 0.717) is 12.1 Å². The normalized spacial score (nSPS) is 16.5. The van der Waals surface area contributed by atoms with Gasteiger partial charge >= 0.3 is 12.0 Å². The molecule has 1 aliphatic heterocycles. The lowest BCUT2D eigenvalue weighted by molar-refractivity contribution is -0.385. The first kappa shape index (κ1) is 19.0. The maximum absolute atomic E-state index is 12.3. The van der Waals surface area contributed by atoms with E-state index in [9.17, 15) is 19.7 Å². The number of methoxy groups -OCH3 is 3. The maximum atomic E-state index is 12.3. The number of urea groups is 1. The number of ether oxygens (including phenoxy) is 3. The summed E-state index contributed by atoms with van der Waals surface area (Å²) in [5.41, 5.74) is 0.167. The highest BCUT2D eigenvalue weighted by atomic mass is 16.6. The predicted molar refractivity (Wildman–Crippen MR) is 89.9 cm³/mol. The standard InChI is InChI=1S/C16H19N3O7/c1-5-9-13(15(20)26-4)14(18-16(21)17-9)8-6-11(24-2)12(25-3)7-10(8)19(22)23/h6-7,14H,5H2,1-4H3,(H2,17,18,21). The fraction of sp³-hybridized carbons (Fsp3) is 0.375. The van der Waals surface area contributed by atoms with Crippen LogP contribution in [0.2, 0.25) is 0 Å². The molecule has 1 unspecified atom stereocenters. The van der Waals surface area contributed by atoms with Gasteiger partial charge in [0.1, 0.15) is 0 Å². The van der Waals surface area contributed by atoms with Crippen LogP contribution in [0, 0.1) is 10.1 Å². The van der Waals surface area contributed by atoms with Gasteiger partial charge in [0.25, 0.3) is 5.69 Å². The molecule has 2 amide bonds. The number of benzene rings is 1. The summed E-state index contributed by atoms with van der Waals surface area (Å²) in [6, 6.07) is 0.890. The third kappa shape index (κ3) is 3.39. The molecule has 26 heavy (non-hydrogen) atoms. The smallest absolute Gasteiger partial charge is 0.337 e. The number of nitrogens with one attached hydrogen (secondary N) is 2. The van der Waals surface area contributed by atoms with Crippen LogP contribution in [0.3, 0.4) is 0 Å². The van der Waals surface area contributed by atoms with Crippen molar-refractivity contribution in [3.63, 3.8) is 0 Å². The Morgan fingerprint density at radius 1 is 1.23 bits per heavy atom. The van der Waals surface area contributed by atoms with E-state index >= 15 is 0 Å². The number of nitro benzene ring substituents is 1. The van der Waals surface area contributed by atoms with Gasteiger partial charge in [-0.2, -0.15) is 0 Å². The van der Waals surface area contributed by atoms with Gasteiger partial charge < -0.3 is 24.8 Å². The van der Waals surface area contributed by atoms with E-state index in [2.05, 4.69) is 10.6 Å². The highest BCUT2D eigenvalue weighted by Crippen LogP contribution is 2.40. The van der Waals surface area contributed by atoms with Crippen LogP contribution in [0.25, 0.3) is 0 Å². The molecule has 140 valence electrons. The minimum Gasteiger partial charge on any atom is -0.493 e. The highest BCUT2D eigenvalue weighted by Gasteiger charge is 2.37. The molecule has 10 heteroatoms. The molecule has 1 heterocycles. The number of rotatable bonds is 6. The first-order valence-corrected chi connectivity index (χ1v) is 7.67. The Morgan fingerprint density at radius 3 is 2.35 bits per heavy atom. The van der Waals surface area contributed by atoms with Crippen LogP contribution < -0.4 is 20.1 Å². The molecule has 1 aliphatic rings. The second-order valence-electron chi connectivity index (χ2n) is 5.29. The van der Waals surface area contributed by atoms with Crippen LogP contribution >= 0.6 is 0 Å². The topological polar surface area (TPSA) is 129 Å². The molecule has 0 saturated heterocycles. The van der Waals surface area contributed by atoms with Gasteiger partial charge in [0.15, 0.2) is 11.5 Å². The minimum absolute atomic E-state index is 0.0776. The van der Waals surface area contributed by atoms with Crippen LogP contribution in [0.15, 0.2) is 23.4 Å². The molecule has 2 rings (SSSR count). The van der Waals surface area contributed by atoms with Gasteiger partial charge in [-0.1, -0.05) is 6.92 Å². The van der Waals surface area contributed by atoms with E-state index in [1.165, 1.54) is 33.5 Å². The molecule has 0 fully saturated rings. The number of carbonyl (C=O) groups excluding carboxylic acids is 2. The molecular formula is C16H19N3O7. The predicted octanol–water partition coefficient (Wildman–Crippen LogP) is 1.80. The number of hydrogen-bond acceptors (Lipinski definition) is 7. The van der Waals surface area contributed by atoms with Gasteiger partial charge in [0.2, 0.25) is 0 Å². The molecule has 0 aromatic heterocycles. The summed E-state index contributed by atoms with van der Waals surface area (Å²) in [7, 11) is 3.92. The average molecular weight is 365 g/mol. The molecule has 1 atom stereocenters. The summed E-state index contributed by atoms with van der Waals surface area (Å²) < 4.78 is 15.1. The summed E-state index contributed by atoms with van der Waals surface area (Å²) >= 11 is 0. The van der Waals surface area contributed by atoms with Crippen LogP contribution in [-0.2, 0) is 9.53 Å². The number of nitrogens with zero attached hydrogens (tertiary/aromatic N) is 1. The Balaban J connectivity index is 2.75. The Morgan fingerprint density at radius 2 is 1.85 bits per heavy atom. The third-order valence-corrected chi connectivity index (χ3v) is 3.95. The molecule has 0 aliphatic carbocycles. The number of esters is 1. The zero-order valence-electron chi connectivity index (χ0n) is 14.7. The summed E-state index contributed by atoms with van der Waals surface area (Å²) in [6.45, 7) is 1.74. The van der Waals surface area contributed by atoms with Gasteiger partial charge in [-0.3, -0.25) is 10.1 Å².